The number of fused-ring (bicyclic) bond motifs is 1. The first-order valence-electron chi connectivity index (χ1n) is 8.48. The van der Waals surface area contributed by atoms with Crippen molar-refractivity contribution < 1.29 is 4.79 Å². The third-order valence-corrected chi connectivity index (χ3v) is 5.87. The van der Waals surface area contributed by atoms with E-state index in [0.29, 0.717) is 11.3 Å². The maximum atomic E-state index is 13.0. The summed E-state index contributed by atoms with van der Waals surface area (Å²) in [5.41, 5.74) is 2.88. The fraction of sp³-hybridized carbons (Fsp3) is 0.611. The van der Waals surface area contributed by atoms with Crippen LogP contribution in [0, 0.1) is 11.3 Å². The molecule has 1 N–H and O–H groups in total. The number of benzene rings is 1. The van der Waals surface area contributed by atoms with Gasteiger partial charge < -0.3 is 15.1 Å². The number of nitrogens with zero attached hydrogens (tertiary/aromatic N) is 2. The zero-order chi connectivity index (χ0) is 15.2. The summed E-state index contributed by atoms with van der Waals surface area (Å²) in [4.78, 5) is 17.4. The van der Waals surface area contributed by atoms with Crippen molar-refractivity contribution in [2.45, 2.75) is 25.8 Å². The standard InChI is InChI=1S/C18H25N3O.2ClH/c1-20-10-11-21(13-14-4-2-3-5-16(14)20)17(22)15-12-18(15)6-8-19-9-7-18;;/h2-5,15,19H,6-13H2,1H3;2*1H. The van der Waals surface area contributed by atoms with Crippen LogP contribution >= 0.6 is 24.8 Å². The van der Waals surface area contributed by atoms with Gasteiger partial charge in [0.2, 0.25) is 5.91 Å². The van der Waals surface area contributed by atoms with Crippen molar-refractivity contribution in [1.29, 1.82) is 0 Å². The van der Waals surface area contributed by atoms with Crippen molar-refractivity contribution >= 4 is 36.4 Å². The average molecular weight is 372 g/mol. The second-order valence-electron chi connectivity index (χ2n) is 7.18. The number of rotatable bonds is 1. The number of amides is 1. The molecule has 2 fully saturated rings. The van der Waals surface area contributed by atoms with E-state index in [9.17, 15) is 4.79 Å². The van der Waals surface area contributed by atoms with E-state index in [1.54, 1.807) is 0 Å². The van der Waals surface area contributed by atoms with Crippen molar-refractivity contribution in [3.05, 3.63) is 29.8 Å². The number of likely N-dealkylation sites (N-methyl/N-ethyl adjacent to an activating group) is 1. The lowest BCUT2D eigenvalue weighted by molar-refractivity contribution is -0.134. The quantitative estimate of drug-likeness (QED) is 0.824. The molecule has 3 aliphatic rings. The number of nitrogens with one attached hydrogen (secondary N) is 1. The number of hydrogen-bond donors (Lipinski definition) is 1. The van der Waals surface area contributed by atoms with Gasteiger partial charge in [0.25, 0.3) is 0 Å². The van der Waals surface area contributed by atoms with Gasteiger partial charge in [-0.25, -0.2) is 0 Å². The van der Waals surface area contributed by atoms with E-state index in [-0.39, 0.29) is 30.7 Å². The first-order chi connectivity index (χ1) is 10.7. The molecule has 1 aromatic rings. The van der Waals surface area contributed by atoms with E-state index in [4.69, 9.17) is 0 Å². The van der Waals surface area contributed by atoms with Crippen LogP contribution in [0.2, 0.25) is 0 Å². The SMILES string of the molecule is CN1CCN(C(=O)C2CC23CCNCC3)Cc2ccccc21.Cl.Cl. The first-order valence-corrected chi connectivity index (χ1v) is 8.48. The van der Waals surface area contributed by atoms with Gasteiger partial charge >= 0.3 is 0 Å². The second-order valence-corrected chi connectivity index (χ2v) is 7.18. The Balaban J connectivity index is 0.00000104. The molecule has 2 heterocycles. The number of halogens is 2. The van der Waals surface area contributed by atoms with Gasteiger partial charge in [0, 0.05) is 38.3 Å². The summed E-state index contributed by atoms with van der Waals surface area (Å²) in [6.45, 7) is 4.69. The lowest BCUT2D eigenvalue weighted by Gasteiger charge is -2.26. The maximum absolute atomic E-state index is 13.0. The molecule has 2 aliphatic heterocycles. The molecule has 1 atom stereocenters. The third kappa shape index (κ3) is 3.37. The molecule has 1 saturated carbocycles. The molecule has 0 aromatic heterocycles. The second kappa shape index (κ2) is 7.51. The van der Waals surface area contributed by atoms with E-state index < -0.39 is 0 Å². The van der Waals surface area contributed by atoms with Gasteiger partial charge in [-0.05, 0) is 49.4 Å². The van der Waals surface area contributed by atoms with E-state index in [2.05, 4.69) is 46.4 Å². The number of piperidine rings is 1. The predicted molar refractivity (Wildman–Crippen MR) is 102 cm³/mol. The largest absolute Gasteiger partial charge is 0.373 e. The molecule has 1 saturated heterocycles. The molecule has 0 radical (unpaired) electrons. The first kappa shape index (κ1) is 19.4. The van der Waals surface area contributed by atoms with E-state index in [0.717, 1.165) is 39.1 Å². The van der Waals surface area contributed by atoms with Crippen molar-refractivity contribution in [3.8, 4) is 0 Å². The van der Waals surface area contributed by atoms with Crippen LogP contribution < -0.4 is 10.2 Å². The van der Waals surface area contributed by atoms with Gasteiger partial charge in [0.05, 0.1) is 0 Å². The summed E-state index contributed by atoms with van der Waals surface area (Å²) in [5, 5.41) is 3.42. The number of para-hydroxylation sites is 1. The summed E-state index contributed by atoms with van der Waals surface area (Å²) in [6, 6.07) is 8.48. The summed E-state index contributed by atoms with van der Waals surface area (Å²) < 4.78 is 0. The minimum absolute atomic E-state index is 0. The van der Waals surface area contributed by atoms with E-state index in [1.807, 2.05) is 0 Å². The Hall–Kier alpha value is -0.970. The summed E-state index contributed by atoms with van der Waals surface area (Å²) >= 11 is 0. The summed E-state index contributed by atoms with van der Waals surface area (Å²) in [7, 11) is 2.12. The summed E-state index contributed by atoms with van der Waals surface area (Å²) in [5.74, 6) is 0.678. The third-order valence-electron chi connectivity index (χ3n) is 5.87. The molecule has 1 aliphatic carbocycles. The van der Waals surface area contributed by atoms with Crippen LogP contribution in [0.25, 0.3) is 0 Å². The van der Waals surface area contributed by atoms with E-state index in [1.165, 1.54) is 24.1 Å². The zero-order valence-corrected chi connectivity index (χ0v) is 15.8. The van der Waals surface area contributed by atoms with Crippen molar-refractivity contribution in [1.82, 2.24) is 10.2 Å². The Morgan fingerprint density at radius 1 is 1.17 bits per heavy atom. The van der Waals surface area contributed by atoms with E-state index >= 15 is 0 Å². The van der Waals surface area contributed by atoms with Gasteiger partial charge in [-0.2, -0.15) is 0 Å². The highest BCUT2D eigenvalue weighted by Gasteiger charge is 2.58. The molecule has 4 rings (SSSR count). The fourth-order valence-corrected chi connectivity index (χ4v) is 4.28. The summed E-state index contributed by atoms with van der Waals surface area (Å²) in [6.07, 6.45) is 3.46. The number of anilines is 1. The highest BCUT2D eigenvalue weighted by molar-refractivity contribution is 5.85. The van der Waals surface area contributed by atoms with Gasteiger partial charge in [-0.15, -0.1) is 24.8 Å². The smallest absolute Gasteiger partial charge is 0.226 e. The Labute approximate surface area is 156 Å². The van der Waals surface area contributed by atoms with Gasteiger partial charge in [-0.1, -0.05) is 18.2 Å². The number of carbonyl (C=O) groups excluding carboxylic acids is 1. The van der Waals surface area contributed by atoms with Gasteiger partial charge in [-0.3, -0.25) is 4.79 Å². The lowest BCUT2D eigenvalue weighted by Crippen LogP contribution is -2.38. The molecular weight excluding hydrogens is 345 g/mol. The molecule has 1 amide bonds. The number of hydrogen-bond acceptors (Lipinski definition) is 3. The van der Waals surface area contributed by atoms with Crippen LogP contribution in [0.15, 0.2) is 24.3 Å². The maximum Gasteiger partial charge on any atom is 0.226 e. The normalized spacial score (nSPS) is 24.3. The lowest BCUT2D eigenvalue weighted by atomic mass is 9.91. The predicted octanol–water partition coefficient (Wildman–Crippen LogP) is 2.70. The Kier molecular flexibility index (Phi) is 6.05. The minimum atomic E-state index is 0. The van der Waals surface area contributed by atoms with Crippen LogP contribution in [0.1, 0.15) is 24.8 Å². The highest BCUT2D eigenvalue weighted by atomic mass is 35.5. The molecule has 6 heteroatoms. The van der Waals surface area contributed by atoms with Crippen molar-refractivity contribution in [2.24, 2.45) is 11.3 Å². The number of carbonyl (C=O) groups is 1. The molecule has 4 nitrogen and oxygen atoms in total. The molecule has 134 valence electrons. The van der Waals surface area contributed by atoms with Crippen LogP contribution in [0.5, 0.6) is 0 Å². The van der Waals surface area contributed by atoms with Crippen LogP contribution in [-0.4, -0.2) is 44.0 Å². The molecule has 24 heavy (non-hydrogen) atoms. The van der Waals surface area contributed by atoms with Crippen LogP contribution in [-0.2, 0) is 11.3 Å². The molecule has 1 unspecified atom stereocenters. The molecule has 0 bridgehead atoms. The van der Waals surface area contributed by atoms with Gasteiger partial charge in [0.1, 0.15) is 0 Å². The minimum Gasteiger partial charge on any atom is -0.373 e. The Bertz CT molecular complexity index is 589. The van der Waals surface area contributed by atoms with Crippen LogP contribution in [0.3, 0.4) is 0 Å². The topological polar surface area (TPSA) is 35.6 Å². The fourth-order valence-electron chi connectivity index (χ4n) is 4.28. The Morgan fingerprint density at radius 2 is 1.88 bits per heavy atom. The monoisotopic (exact) mass is 371 g/mol. The van der Waals surface area contributed by atoms with Gasteiger partial charge in [0.15, 0.2) is 0 Å². The molecular formula is C18H27Cl2N3O. The van der Waals surface area contributed by atoms with Crippen molar-refractivity contribution in [3.63, 3.8) is 0 Å². The average Bonchev–Trinajstić information content (AvgIpc) is 3.27. The zero-order valence-electron chi connectivity index (χ0n) is 14.2. The molecule has 1 aromatic carbocycles. The van der Waals surface area contributed by atoms with Crippen molar-refractivity contribution in [2.75, 3.05) is 38.1 Å². The van der Waals surface area contributed by atoms with Crippen LogP contribution in [0.4, 0.5) is 5.69 Å². The molecule has 1 spiro atoms. The highest BCUT2D eigenvalue weighted by Crippen LogP contribution is 2.59. The Morgan fingerprint density at radius 3 is 2.62 bits per heavy atom.